The summed E-state index contributed by atoms with van der Waals surface area (Å²) < 4.78 is 6.06. The van der Waals surface area contributed by atoms with Gasteiger partial charge in [0.1, 0.15) is 0 Å². The van der Waals surface area contributed by atoms with Crippen LogP contribution < -0.4 is 5.32 Å². The second-order valence-electron chi connectivity index (χ2n) is 5.68. The largest absolute Gasteiger partial charge is 0.368 e. The number of thiophene rings is 1. The van der Waals surface area contributed by atoms with E-state index in [1.165, 1.54) is 4.88 Å². The molecule has 0 spiro atoms. The fourth-order valence-electron chi connectivity index (χ4n) is 2.52. The average Bonchev–Trinajstić information content (AvgIpc) is 2.67. The molecule has 2 heterocycles. The molecule has 0 amide bonds. The molecule has 0 radical (unpaired) electrons. The second kappa shape index (κ2) is 4.13. The van der Waals surface area contributed by atoms with Gasteiger partial charge in [-0.2, -0.15) is 0 Å². The molecule has 0 aliphatic carbocycles. The molecule has 1 unspecified atom stereocenters. The molecule has 3 heteroatoms. The summed E-state index contributed by atoms with van der Waals surface area (Å²) in [4.78, 5) is 1.39. The van der Waals surface area contributed by atoms with Crippen molar-refractivity contribution in [1.29, 1.82) is 0 Å². The van der Waals surface area contributed by atoms with Gasteiger partial charge in [-0.3, -0.25) is 0 Å². The van der Waals surface area contributed by atoms with Crippen molar-refractivity contribution in [3.63, 3.8) is 0 Å². The molecule has 16 heavy (non-hydrogen) atoms. The van der Waals surface area contributed by atoms with Gasteiger partial charge < -0.3 is 10.1 Å². The van der Waals surface area contributed by atoms with Crippen LogP contribution in [-0.2, 0) is 11.3 Å². The molecule has 1 N–H and O–H groups in total. The lowest BCUT2D eigenvalue weighted by Gasteiger charge is -2.27. The molecule has 1 atom stereocenters. The van der Waals surface area contributed by atoms with E-state index in [1.54, 1.807) is 11.3 Å². The Hall–Kier alpha value is -0.380. The Kier molecular flexibility index (Phi) is 3.12. The zero-order valence-corrected chi connectivity index (χ0v) is 11.4. The predicted octanol–water partition coefficient (Wildman–Crippen LogP) is 3.18. The lowest BCUT2D eigenvalue weighted by Crippen LogP contribution is -2.42. The Bertz CT molecular complexity index is 343. The highest BCUT2D eigenvalue weighted by Gasteiger charge is 2.45. The summed E-state index contributed by atoms with van der Waals surface area (Å²) in [6.07, 6.45) is 1.07. The summed E-state index contributed by atoms with van der Waals surface area (Å²) in [6, 6.07) is 4.71. The molecule has 2 rings (SSSR count). The van der Waals surface area contributed by atoms with E-state index in [2.05, 4.69) is 50.5 Å². The van der Waals surface area contributed by atoms with E-state index in [1.807, 2.05) is 0 Å². The third kappa shape index (κ3) is 2.65. The smallest absolute Gasteiger partial charge is 0.0787 e. The van der Waals surface area contributed by atoms with Crippen molar-refractivity contribution < 1.29 is 4.74 Å². The molecule has 1 aromatic rings. The van der Waals surface area contributed by atoms with Gasteiger partial charge in [-0.15, -0.1) is 11.3 Å². The highest BCUT2D eigenvalue weighted by Crippen LogP contribution is 2.37. The van der Waals surface area contributed by atoms with Gasteiger partial charge in [0.2, 0.25) is 0 Å². The maximum absolute atomic E-state index is 6.06. The molecule has 0 aromatic carbocycles. The highest BCUT2D eigenvalue weighted by atomic mass is 32.1. The van der Waals surface area contributed by atoms with Crippen molar-refractivity contribution in [2.75, 3.05) is 0 Å². The average molecular weight is 239 g/mol. The van der Waals surface area contributed by atoms with Crippen molar-refractivity contribution >= 4 is 11.3 Å². The van der Waals surface area contributed by atoms with Gasteiger partial charge in [0.25, 0.3) is 0 Å². The van der Waals surface area contributed by atoms with Crippen molar-refractivity contribution in [3.8, 4) is 0 Å². The van der Waals surface area contributed by atoms with Crippen LogP contribution in [0.2, 0.25) is 0 Å². The third-order valence-electron chi connectivity index (χ3n) is 3.18. The van der Waals surface area contributed by atoms with Gasteiger partial charge in [0.15, 0.2) is 0 Å². The molecule has 0 saturated carbocycles. The summed E-state index contributed by atoms with van der Waals surface area (Å²) in [7, 11) is 0. The second-order valence-corrected chi connectivity index (χ2v) is 6.71. The summed E-state index contributed by atoms with van der Waals surface area (Å²) in [6.45, 7) is 9.63. The number of hydrogen-bond acceptors (Lipinski definition) is 3. The lowest BCUT2D eigenvalue weighted by atomic mass is 9.94. The quantitative estimate of drug-likeness (QED) is 0.874. The first-order valence-corrected chi connectivity index (χ1v) is 6.73. The summed E-state index contributed by atoms with van der Waals surface area (Å²) >= 11 is 1.80. The first-order chi connectivity index (χ1) is 7.39. The van der Waals surface area contributed by atoms with Crippen LogP contribution in [0.15, 0.2) is 17.5 Å². The zero-order chi connectivity index (χ0) is 11.8. The molecule has 1 aromatic heterocycles. The molecule has 1 fully saturated rings. The summed E-state index contributed by atoms with van der Waals surface area (Å²) in [5, 5.41) is 5.74. The number of nitrogens with one attached hydrogen (secondary N) is 1. The zero-order valence-electron chi connectivity index (χ0n) is 10.5. The Morgan fingerprint density at radius 3 is 2.69 bits per heavy atom. The molecule has 1 aliphatic rings. The van der Waals surface area contributed by atoms with E-state index in [0.717, 1.165) is 13.0 Å². The number of hydrogen-bond donors (Lipinski definition) is 1. The topological polar surface area (TPSA) is 21.3 Å². The van der Waals surface area contributed by atoms with E-state index in [4.69, 9.17) is 4.74 Å². The van der Waals surface area contributed by atoms with Crippen molar-refractivity contribution in [3.05, 3.63) is 22.4 Å². The fourth-order valence-corrected chi connectivity index (χ4v) is 3.17. The van der Waals surface area contributed by atoms with E-state index < -0.39 is 0 Å². The van der Waals surface area contributed by atoms with Crippen LogP contribution in [0, 0.1) is 0 Å². The minimum Gasteiger partial charge on any atom is -0.368 e. The molecular weight excluding hydrogens is 218 g/mol. The van der Waals surface area contributed by atoms with Crippen molar-refractivity contribution in [2.45, 2.75) is 57.9 Å². The Morgan fingerprint density at radius 1 is 1.44 bits per heavy atom. The van der Waals surface area contributed by atoms with Crippen LogP contribution in [0.1, 0.15) is 39.0 Å². The normalized spacial score (nSPS) is 27.1. The maximum Gasteiger partial charge on any atom is 0.0787 e. The van der Waals surface area contributed by atoms with Gasteiger partial charge in [-0.1, -0.05) is 6.07 Å². The van der Waals surface area contributed by atoms with Crippen LogP contribution in [0.3, 0.4) is 0 Å². The molecular formula is C13H21NOS. The number of ether oxygens (including phenoxy) is 1. The first kappa shape index (κ1) is 12.1. The van der Waals surface area contributed by atoms with Gasteiger partial charge in [0.05, 0.1) is 11.2 Å². The van der Waals surface area contributed by atoms with E-state index >= 15 is 0 Å². The third-order valence-corrected chi connectivity index (χ3v) is 4.05. The van der Waals surface area contributed by atoms with E-state index in [0.29, 0.717) is 6.04 Å². The Morgan fingerprint density at radius 2 is 2.19 bits per heavy atom. The van der Waals surface area contributed by atoms with Gasteiger partial charge >= 0.3 is 0 Å². The van der Waals surface area contributed by atoms with Gasteiger partial charge in [-0.25, -0.2) is 0 Å². The maximum atomic E-state index is 6.06. The van der Waals surface area contributed by atoms with Crippen molar-refractivity contribution in [1.82, 2.24) is 5.32 Å². The molecule has 0 bridgehead atoms. The van der Waals surface area contributed by atoms with Crippen molar-refractivity contribution in [2.24, 2.45) is 0 Å². The summed E-state index contributed by atoms with van der Waals surface area (Å²) in [5.41, 5.74) is -0.0720. The Labute approximate surface area is 102 Å². The van der Waals surface area contributed by atoms with E-state index in [-0.39, 0.29) is 11.2 Å². The lowest BCUT2D eigenvalue weighted by molar-refractivity contribution is -0.0698. The van der Waals surface area contributed by atoms with Crippen LogP contribution >= 0.6 is 11.3 Å². The monoisotopic (exact) mass is 239 g/mol. The number of rotatable bonds is 3. The molecule has 90 valence electrons. The standard InChI is InChI=1S/C13H21NOS/c1-12(2)8-11(13(3,4)15-12)14-9-10-6-5-7-16-10/h5-7,11,14H,8-9H2,1-4H3. The molecule has 2 nitrogen and oxygen atoms in total. The van der Waals surface area contributed by atoms with Crippen LogP contribution in [0.25, 0.3) is 0 Å². The SMILES string of the molecule is CC1(C)CC(NCc2cccs2)C(C)(C)O1. The first-order valence-electron chi connectivity index (χ1n) is 5.85. The predicted molar refractivity (Wildman–Crippen MR) is 68.8 cm³/mol. The fraction of sp³-hybridized carbons (Fsp3) is 0.692. The minimum atomic E-state index is -0.0687. The van der Waals surface area contributed by atoms with Crippen LogP contribution in [0.5, 0.6) is 0 Å². The summed E-state index contributed by atoms with van der Waals surface area (Å²) in [5.74, 6) is 0. The Balaban J connectivity index is 1.95. The van der Waals surface area contributed by atoms with E-state index in [9.17, 15) is 0 Å². The molecule has 1 saturated heterocycles. The van der Waals surface area contributed by atoms with Crippen LogP contribution in [0.4, 0.5) is 0 Å². The molecule has 1 aliphatic heterocycles. The minimum absolute atomic E-state index is 0.00336. The van der Waals surface area contributed by atoms with Gasteiger partial charge in [0, 0.05) is 17.5 Å². The van der Waals surface area contributed by atoms with Gasteiger partial charge in [-0.05, 0) is 45.6 Å². The highest BCUT2D eigenvalue weighted by molar-refractivity contribution is 7.09. The van der Waals surface area contributed by atoms with Crippen LogP contribution in [-0.4, -0.2) is 17.2 Å².